The molecular weight excluding hydrogens is 236 g/mol. The van der Waals surface area contributed by atoms with Crippen LogP contribution in [-0.4, -0.2) is 23.4 Å². The van der Waals surface area contributed by atoms with Crippen molar-refractivity contribution in [1.29, 1.82) is 0 Å². The summed E-state index contributed by atoms with van der Waals surface area (Å²) in [5.74, 6) is -0.521. The van der Waals surface area contributed by atoms with Gasteiger partial charge < -0.3 is 10.6 Å². The molecule has 3 nitrogen and oxygen atoms in total. The third kappa shape index (κ3) is 1.83. The van der Waals surface area contributed by atoms with Crippen LogP contribution in [0.25, 0.3) is 0 Å². The van der Waals surface area contributed by atoms with Gasteiger partial charge in [-0.25, -0.2) is 8.78 Å². The normalized spacial score (nSPS) is 23.7. The van der Waals surface area contributed by atoms with Crippen LogP contribution in [0.2, 0.25) is 0 Å². The van der Waals surface area contributed by atoms with Gasteiger partial charge in [0, 0.05) is 11.6 Å². The fourth-order valence-electron chi connectivity index (χ4n) is 2.60. The molecule has 98 valence electrons. The summed E-state index contributed by atoms with van der Waals surface area (Å²) < 4.78 is 27.3. The topological polar surface area (TPSA) is 41.6 Å². The van der Waals surface area contributed by atoms with E-state index in [2.05, 4.69) is 4.99 Å². The van der Waals surface area contributed by atoms with Gasteiger partial charge in [0.05, 0.1) is 12.1 Å². The molecular formula is C13H17F2N3. The summed E-state index contributed by atoms with van der Waals surface area (Å²) in [6.45, 7) is 6.05. The second-order valence-electron chi connectivity index (χ2n) is 5.04. The summed E-state index contributed by atoms with van der Waals surface area (Å²) in [6.07, 6.45) is 0. The number of nitrogens with zero attached hydrogens (tertiary/aromatic N) is 2. The molecule has 1 aliphatic heterocycles. The molecule has 0 radical (unpaired) electrons. The fourth-order valence-corrected chi connectivity index (χ4v) is 2.60. The van der Waals surface area contributed by atoms with Crippen LogP contribution < -0.4 is 5.73 Å². The molecule has 0 bridgehead atoms. The van der Waals surface area contributed by atoms with Crippen LogP contribution >= 0.6 is 0 Å². The quantitative estimate of drug-likeness (QED) is 0.878. The van der Waals surface area contributed by atoms with Crippen molar-refractivity contribution in [2.75, 3.05) is 6.54 Å². The van der Waals surface area contributed by atoms with E-state index in [9.17, 15) is 8.78 Å². The predicted octanol–water partition coefficient (Wildman–Crippen LogP) is 2.22. The molecule has 2 rings (SSSR count). The van der Waals surface area contributed by atoms with Crippen LogP contribution in [0.15, 0.2) is 23.2 Å². The van der Waals surface area contributed by atoms with Crippen molar-refractivity contribution in [1.82, 2.24) is 4.90 Å². The molecule has 0 saturated heterocycles. The van der Waals surface area contributed by atoms with Gasteiger partial charge in [-0.15, -0.1) is 0 Å². The summed E-state index contributed by atoms with van der Waals surface area (Å²) in [7, 11) is 0. The lowest BCUT2D eigenvalue weighted by molar-refractivity contribution is 0.179. The Kier molecular flexibility index (Phi) is 3.00. The molecule has 0 aromatic heterocycles. The minimum absolute atomic E-state index is 0.0592. The van der Waals surface area contributed by atoms with Gasteiger partial charge in [-0.05, 0) is 39.0 Å². The van der Waals surface area contributed by atoms with Gasteiger partial charge in [-0.3, -0.25) is 4.99 Å². The van der Waals surface area contributed by atoms with E-state index in [1.807, 2.05) is 25.7 Å². The minimum Gasteiger partial charge on any atom is -0.370 e. The molecule has 1 unspecified atom stereocenters. The molecule has 1 aliphatic rings. The molecule has 1 aromatic carbocycles. The highest BCUT2D eigenvalue weighted by Gasteiger charge is 2.42. The Labute approximate surface area is 105 Å². The first kappa shape index (κ1) is 12.8. The SMILES string of the molecule is CC(C)N1C(N)=NCC1(C)c1cc(F)ccc1F. The maximum atomic E-state index is 13.9. The average molecular weight is 253 g/mol. The van der Waals surface area contributed by atoms with Crippen molar-refractivity contribution in [2.24, 2.45) is 10.7 Å². The highest BCUT2D eigenvalue weighted by molar-refractivity contribution is 5.81. The lowest BCUT2D eigenvalue weighted by atomic mass is 9.89. The number of hydrogen-bond acceptors (Lipinski definition) is 3. The van der Waals surface area contributed by atoms with Crippen molar-refractivity contribution >= 4 is 5.96 Å². The summed E-state index contributed by atoms with van der Waals surface area (Å²) in [6, 6.07) is 3.53. The maximum Gasteiger partial charge on any atom is 0.192 e. The Hall–Kier alpha value is -1.65. The standard InChI is InChI=1S/C13H17F2N3/c1-8(2)18-12(16)17-7-13(18,3)10-6-9(14)4-5-11(10)15/h4-6,8H,7H2,1-3H3,(H2,16,17). The Morgan fingerprint density at radius 2 is 2.06 bits per heavy atom. The zero-order valence-electron chi connectivity index (χ0n) is 10.7. The van der Waals surface area contributed by atoms with Crippen LogP contribution in [0.3, 0.4) is 0 Å². The van der Waals surface area contributed by atoms with Gasteiger partial charge in [0.15, 0.2) is 5.96 Å². The first-order valence-corrected chi connectivity index (χ1v) is 5.91. The van der Waals surface area contributed by atoms with Crippen molar-refractivity contribution in [3.05, 3.63) is 35.4 Å². The van der Waals surface area contributed by atoms with Gasteiger partial charge in [0.2, 0.25) is 0 Å². The van der Waals surface area contributed by atoms with E-state index in [0.29, 0.717) is 18.1 Å². The predicted molar refractivity (Wildman–Crippen MR) is 67.2 cm³/mol. The van der Waals surface area contributed by atoms with Gasteiger partial charge in [-0.2, -0.15) is 0 Å². The highest BCUT2D eigenvalue weighted by Crippen LogP contribution is 2.35. The van der Waals surface area contributed by atoms with E-state index in [1.54, 1.807) is 0 Å². The maximum absolute atomic E-state index is 13.9. The molecule has 0 spiro atoms. The lowest BCUT2D eigenvalue weighted by Gasteiger charge is -2.39. The van der Waals surface area contributed by atoms with Crippen molar-refractivity contribution < 1.29 is 8.78 Å². The summed E-state index contributed by atoms with van der Waals surface area (Å²) >= 11 is 0. The molecule has 0 fully saturated rings. The first-order chi connectivity index (χ1) is 8.36. The number of aliphatic imine (C=N–C) groups is 1. The highest BCUT2D eigenvalue weighted by atomic mass is 19.1. The third-order valence-electron chi connectivity index (χ3n) is 3.35. The minimum atomic E-state index is -0.732. The van der Waals surface area contributed by atoms with E-state index in [1.165, 1.54) is 6.07 Å². The zero-order chi connectivity index (χ0) is 13.5. The molecule has 2 N–H and O–H groups in total. The first-order valence-electron chi connectivity index (χ1n) is 5.91. The van der Waals surface area contributed by atoms with E-state index in [-0.39, 0.29) is 6.04 Å². The molecule has 1 atom stereocenters. The summed E-state index contributed by atoms with van der Waals surface area (Å²) in [5, 5.41) is 0. The summed E-state index contributed by atoms with van der Waals surface area (Å²) in [5.41, 5.74) is 5.40. The number of halogens is 2. The molecule has 1 aromatic rings. The molecule has 18 heavy (non-hydrogen) atoms. The second-order valence-corrected chi connectivity index (χ2v) is 5.04. The molecule has 0 saturated carbocycles. The fraction of sp³-hybridized carbons (Fsp3) is 0.462. The number of hydrogen-bond donors (Lipinski definition) is 1. The Balaban J connectivity index is 2.52. The second kappa shape index (κ2) is 4.23. The monoisotopic (exact) mass is 253 g/mol. The van der Waals surface area contributed by atoms with Crippen molar-refractivity contribution in [3.63, 3.8) is 0 Å². The molecule has 0 aliphatic carbocycles. The van der Waals surface area contributed by atoms with Gasteiger partial charge in [0.1, 0.15) is 11.6 Å². The third-order valence-corrected chi connectivity index (χ3v) is 3.35. The van der Waals surface area contributed by atoms with Gasteiger partial charge in [-0.1, -0.05) is 0 Å². The lowest BCUT2D eigenvalue weighted by Crippen LogP contribution is -2.51. The molecule has 0 amide bonds. The zero-order valence-corrected chi connectivity index (χ0v) is 10.7. The van der Waals surface area contributed by atoms with E-state index >= 15 is 0 Å². The Morgan fingerprint density at radius 1 is 1.39 bits per heavy atom. The number of guanidine groups is 1. The van der Waals surface area contributed by atoms with Gasteiger partial charge in [0.25, 0.3) is 0 Å². The van der Waals surface area contributed by atoms with E-state index in [4.69, 9.17) is 5.73 Å². The smallest absolute Gasteiger partial charge is 0.192 e. The number of benzene rings is 1. The van der Waals surface area contributed by atoms with Crippen LogP contribution in [0, 0.1) is 11.6 Å². The average Bonchev–Trinajstić information content (AvgIpc) is 2.59. The number of nitrogens with two attached hydrogens (primary N) is 1. The van der Waals surface area contributed by atoms with E-state index < -0.39 is 17.2 Å². The van der Waals surface area contributed by atoms with Crippen molar-refractivity contribution in [3.8, 4) is 0 Å². The molecule has 5 heteroatoms. The number of rotatable bonds is 2. The van der Waals surface area contributed by atoms with Crippen LogP contribution in [0.5, 0.6) is 0 Å². The summed E-state index contributed by atoms with van der Waals surface area (Å²) in [4.78, 5) is 5.99. The van der Waals surface area contributed by atoms with Crippen LogP contribution in [0.1, 0.15) is 26.3 Å². The van der Waals surface area contributed by atoms with Gasteiger partial charge >= 0.3 is 0 Å². The van der Waals surface area contributed by atoms with Crippen LogP contribution in [0.4, 0.5) is 8.78 Å². The Morgan fingerprint density at radius 3 is 2.67 bits per heavy atom. The molecule has 1 heterocycles. The van der Waals surface area contributed by atoms with Crippen molar-refractivity contribution in [2.45, 2.75) is 32.4 Å². The largest absolute Gasteiger partial charge is 0.370 e. The van der Waals surface area contributed by atoms with E-state index in [0.717, 1.165) is 12.1 Å². The Bertz CT molecular complexity index is 499. The van der Waals surface area contributed by atoms with Crippen LogP contribution in [-0.2, 0) is 5.54 Å².